The molecule has 0 aliphatic rings. The Bertz CT molecular complexity index is 852. The summed E-state index contributed by atoms with van der Waals surface area (Å²) >= 11 is 0. The second-order valence-electron chi connectivity index (χ2n) is 7.49. The van der Waals surface area contributed by atoms with E-state index in [-0.39, 0.29) is 17.6 Å². The Morgan fingerprint density at radius 1 is 1.11 bits per heavy atom. The van der Waals surface area contributed by atoms with E-state index in [4.69, 9.17) is 0 Å². The van der Waals surface area contributed by atoms with Gasteiger partial charge in [-0.3, -0.25) is 0 Å². The molecule has 0 aliphatic carbocycles. The number of nitrogens with one attached hydrogen (secondary N) is 1. The van der Waals surface area contributed by atoms with Gasteiger partial charge in [0.05, 0.1) is 17.0 Å². The maximum atomic E-state index is 13.6. The number of aryl methyl sites for hydroxylation is 1. The first-order valence-electron chi connectivity index (χ1n) is 8.64. The zero-order chi connectivity index (χ0) is 20.6. The Morgan fingerprint density at radius 2 is 1.74 bits per heavy atom. The van der Waals surface area contributed by atoms with E-state index in [1.165, 1.54) is 18.2 Å². The van der Waals surface area contributed by atoms with Gasteiger partial charge >= 0.3 is 6.18 Å². The minimum atomic E-state index is -4.59. The lowest BCUT2D eigenvalue weighted by Gasteiger charge is -2.30. The molecule has 1 aromatic carbocycles. The zero-order valence-electron chi connectivity index (χ0n) is 16.1. The number of aromatic nitrogens is 1. The summed E-state index contributed by atoms with van der Waals surface area (Å²) in [6, 6.07) is 7.63. The first kappa shape index (κ1) is 21.1. The summed E-state index contributed by atoms with van der Waals surface area (Å²) in [6.07, 6.45) is -4.59. The van der Waals surface area contributed by atoms with Crippen LogP contribution in [0, 0.1) is 12.7 Å². The van der Waals surface area contributed by atoms with Crippen LogP contribution in [-0.2, 0) is 5.54 Å². The summed E-state index contributed by atoms with van der Waals surface area (Å²) in [5, 5.41) is 3.34. The molecular weight excluding hydrogens is 356 g/mol. The van der Waals surface area contributed by atoms with Gasteiger partial charge in [-0.25, -0.2) is 9.37 Å². The number of halogens is 4. The van der Waals surface area contributed by atoms with Crippen molar-refractivity contribution in [3.05, 3.63) is 59.5 Å². The highest BCUT2D eigenvalue weighted by atomic mass is 19.4. The highest BCUT2D eigenvalue weighted by Crippen LogP contribution is 2.35. The molecule has 0 spiro atoms. The third-order valence-corrected chi connectivity index (χ3v) is 4.30. The van der Waals surface area contributed by atoms with E-state index in [1.807, 2.05) is 27.7 Å². The Balaban J connectivity index is 2.67. The van der Waals surface area contributed by atoms with Crippen molar-refractivity contribution in [1.29, 1.82) is 0 Å². The molecule has 0 fully saturated rings. The predicted molar refractivity (Wildman–Crippen MR) is 101 cm³/mol. The Morgan fingerprint density at radius 3 is 2.26 bits per heavy atom. The number of alkyl halides is 3. The maximum absolute atomic E-state index is 13.6. The Hall–Kier alpha value is -2.21. The van der Waals surface area contributed by atoms with Gasteiger partial charge in [0.1, 0.15) is 5.82 Å². The molecule has 0 unspecified atom stereocenters. The van der Waals surface area contributed by atoms with Gasteiger partial charge in [0, 0.05) is 17.1 Å². The lowest BCUT2D eigenvalue weighted by atomic mass is 9.91. The van der Waals surface area contributed by atoms with E-state index < -0.39 is 17.3 Å². The van der Waals surface area contributed by atoms with Crippen LogP contribution in [0.4, 0.5) is 17.6 Å². The molecule has 0 atom stereocenters. The second-order valence-corrected chi connectivity index (χ2v) is 7.49. The summed E-state index contributed by atoms with van der Waals surface area (Å²) in [4.78, 5) is 4.16. The average Bonchev–Trinajstić information content (AvgIpc) is 2.54. The molecule has 0 aliphatic heterocycles. The van der Waals surface area contributed by atoms with Crippen LogP contribution < -0.4 is 5.32 Å². The van der Waals surface area contributed by atoms with Crippen LogP contribution >= 0.6 is 0 Å². The first-order chi connectivity index (χ1) is 12.3. The Labute approximate surface area is 157 Å². The molecule has 1 N–H and O–H groups in total. The van der Waals surface area contributed by atoms with Gasteiger partial charge in [-0.1, -0.05) is 20.4 Å². The third kappa shape index (κ3) is 4.95. The number of hydrogen-bond acceptors (Lipinski definition) is 2. The van der Waals surface area contributed by atoms with E-state index in [0.29, 0.717) is 22.4 Å². The van der Waals surface area contributed by atoms with Gasteiger partial charge in [0.2, 0.25) is 0 Å². The van der Waals surface area contributed by atoms with Crippen molar-refractivity contribution in [2.45, 2.75) is 52.4 Å². The first-order valence-corrected chi connectivity index (χ1v) is 8.64. The van der Waals surface area contributed by atoms with Gasteiger partial charge in [-0.2, -0.15) is 13.2 Å². The van der Waals surface area contributed by atoms with Gasteiger partial charge in [-0.15, -0.1) is 0 Å². The van der Waals surface area contributed by atoms with Gasteiger partial charge in [-0.05, 0) is 62.2 Å². The molecule has 27 heavy (non-hydrogen) atoms. The minimum absolute atomic E-state index is 0.124. The maximum Gasteiger partial charge on any atom is 0.417 e. The van der Waals surface area contributed by atoms with Crippen molar-refractivity contribution in [1.82, 2.24) is 10.3 Å². The molecule has 1 heterocycles. The summed E-state index contributed by atoms with van der Waals surface area (Å²) in [6.45, 7) is 12.5. The summed E-state index contributed by atoms with van der Waals surface area (Å²) in [7, 11) is 0. The molecule has 0 bridgehead atoms. The second kappa shape index (κ2) is 7.43. The topological polar surface area (TPSA) is 24.9 Å². The zero-order valence-corrected chi connectivity index (χ0v) is 16.1. The standard InChI is InChI=1S/C21H24F4N2/c1-12(2)27-20(5,6)16-10-18(14(4)21(23,24)25)26-19(11-16)15-7-8-17(22)13(3)9-15/h7-12,27H,4H2,1-3,5-6H3. The normalized spacial score (nSPS) is 12.5. The average molecular weight is 380 g/mol. The lowest BCUT2D eigenvalue weighted by molar-refractivity contribution is -0.0689. The van der Waals surface area contributed by atoms with Gasteiger partial charge in [0.15, 0.2) is 0 Å². The molecule has 0 amide bonds. The fraction of sp³-hybridized carbons (Fsp3) is 0.381. The van der Waals surface area contributed by atoms with E-state index in [9.17, 15) is 17.6 Å². The lowest BCUT2D eigenvalue weighted by Crippen LogP contribution is -2.41. The number of pyridine rings is 1. The van der Waals surface area contributed by atoms with Crippen molar-refractivity contribution < 1.29 is 17.6 Å². The molecule has 2 nitrogen and oxygen atoms in total. The van der Waals surface area contributed by atoms with E-state index >= 15 is 0 Å². The number of nitrogens with zero attached hydrogens (tertiary/aromatic N) is 1. The summed E-state index contributed by atoms with van der Waals surface area (Å²) < 4.78 is 53.3. The van der Waals surface area contributed by atoms with E-state index in [1.54, 1.807) is 19.1 Å². The van der Waals surface area contributed by atoms with E-state index in [0.717, 1.165) is 0 Å². The SMILES string of the molecule is C=C(c1cc(C(C)(C)NC(C)C)cc(-c2ccc(F)c(C)c2)n1)C(F)(F)F. The smallest absolute Gasteiger partial charge is 0.306 e. The van der Waals surface area contributed by atoms with Crippen LogP contribution in [0.1, 0.15) is 44.5 Å². The van der Waals surface area contributed by atoms with Gasteiger partial charge in [0.25, 0.3) is 0 Å². The number of rotatable bonds is 5. The van der Waals surface area contributed by atoms with Crippen LogP contribution in [0.25, 0.3) is 16.8 Å². The number of allylic oxidation sites excluding steroid dienone is 1. The van der Waals surface area contributed by atoms with E-state index in [2.05, 4.69) is 16.9 Å². The van der Waals surface area contributed by atoms with Crippen molar-refractivity contribution in [3.8, 4) is 11.3 Å². The molecule has 6 heteroatoms. The van der Waals surface area contributed by atoms with Gasteiger partial charge < -0.3 is 5.32 Å². The molecule has 0 saturated carbocycles. The third-order valence-electron chi connectivity index (χ3n) is 4.30. The quantitative estimate of drug-likeness (QED) is 0.643. The predicted octanol–water partition coefficient (Wildman–Crippen LogP) is 6.00. The molecule has 0 radical (unpaired) electrons. The molecule has 0 saturated heterocycles. The summed E-state index contributed by atoms with van der Waals surface area (Å²) in [5.74, 6) is -0.378. The highest BCUT2D eigenvalue weighted by molar-refractivity contribution is 5.70. The van der Waals surface area contributed by atoms with Crippen LogP contribution in [0.15, 0.2) is 36.9 Å². The minimum Gasteiger partial charge on any atom is -0.306 e. The molecular formula is C21H24F4N2. The fourth-order valence-electron chi connectivity index (χ4n) is 2.95. The van der Waals surface area contributed by atoms with Crippen LogP contribution in [0.2, 0.25) is 0 Å². The number of benzene rings is 1. The van der Waals surface area contributed by atoms with Crippen molar-refractivity contribution in [2.75, 3.05) is 0 Å². The highest BCUT2D eigenvalue weighted by Gasteiger charge is 2.35. The fourth-order valence-corrected chi connectivity index (χ4v) is 2.95. The largest absolute Gasteiger partial charge is 0.417 e. The molecule has 1 aromatic heterocycles. The Kier molecular flexibility index (Phi) is 5.80. The van der Waals surface area contributed by atoms with Crippen LogP contribution in [0.5, 0.6) is 0 Å². The summed E-state index contributed by atoms with van der Waals surface area (Å²) in [5.41, 5.74) is 0.0862. The molecule has 2 aromatic rings. The number of hydrogen-bond donors (Lipinski definition) is 1. The van der Waals surface area contributed by atoms with Crippen molar-refractivity contribution >= 4 is 5.57 Å². The molecule has 2 rings (SSSR count). The monoisotopic (exact) mass is 380 g/mol. The van der Waals surface area contributed by atoms with Crippen molar-refractivity contribution in [2.24, 2.45) is 0 Å². The van der Waals surface area contributed by atoms with Crippen LogP contribution in [-0.4, -0.2) is 17.2 Å². The van der Waals surface area contributed by atoms with Crippen LogP contribution in [0.3, 0.4) is 0 Å². The van der Waals surface area contributed by atoms with Crippen molar-refractivity contribution in [3.63, 3.8) is 0 Å². The molecule has 146 valence electrons.